The summed E-state index contributed by atoms with van der Waals surface area (Å²) in [6, 6.07) is 5.62. The van der Waals surface area contributed by atoms with Gasteiger partial charge in [-0.25, -0.2) is 14.7 Å². The fourth-order valence-electron chi connectivity index (χ4n) is 4.97. The average Bonchev–Trinajstić information content (AvgIpc) is 3.47. The maximum absolute atomic E-state index is 13.0. The monoisotopic (exact) mass is 414 g/mol. The van der Waals surface area contributed by atoms with E-state index in [9.17, 15) is 9.59 Å². The zero-order valence-corrected chi connectivity index (χ0v) is 17.2. The van der Waals surface area contributed by atoms with Crippen LogP contribution in [0.4, 0.5) is 15.6 Å². The number of carbonyl (C=O) groups is 2. The van der Waals surface area contributed by atoms with Crippen LogP contribution in [-0.4, -0.2) is 42.7 Å². The molecule has 1 aliphatic carbocycles. The second-order valence-electron chi connectivity index (χ2n) is 8.22. The minimum absolute atomic E-state index is 0.0604. The van der Waals surface area contributed by atoms with Gasteiger partial charge in [-0.2, -0.15) is 0 Å². The van der Waals surface area contributed by atoms with Crippen molar-refractivity contribution in [2.24, 2.45) is 11.8 Å². The number of nitrogens with zero attached hydrogens (tertiary/aromatic N) is 2. The summed E-state index contributed by atoms with van der Waals surface area (Å²) >= 11 is 1.44. The fraction of sp³-hybridized carbons (Fsp3) is 0.571. The molecule has 2 saturated heterocycles. The molecule has 8 heteroatoms. The summed E-state index contributed by atoms with van der Waals surface area (Å²) in [5.41, 5.74) is 1.60. The number of hydrogen-bond acceptors (Lipinski definition) is 6. The molecule has 2 aromatic rings. The second kappa shape index (κ2) is 7.91. The van der Waals surface area contributed by atoms with Gasteiger partial charge in [0.2, 0.25) is 5.91 Å². The molecule has 2 N–H and O–H groups in total. The molecule has 1 aromatic heterocycles. The predicted molar refractivity (Wildman–Crippen MR) is 113 cm³/mol. The van der Waals surface area contributed by atoms with Crippen LogP contribution in [0.25, 0.3) is 10.2 Å². The molecule has 3 aliphatic rings. The van der Waals surface area contributed by atoms with E-state index in [1.54, 1.807) is 4.90 Å². The lowest BCUT2D eigenvalue weighted by atomic mass is 9.76. The highest BCUT2D eigenvalue weighted by molar-refractivity contribution is 7.22. The first-order chi connectivity index (χ1) is 14.2. The van der Waals surface area contributed by atoms with Crippen LogP contribution in [0.15, 0.2) is 18.2 Å². The number of nitrogens with one attached hydrogen (secondary N) is 2. The largest absolute Gasteiger partial charge is 0.447 e. The molecule has 0 radical (unpaired) electrons. The summed E-state index contributed by atoms with van der Waals surface area (Å²) < 4.78 is 5.94. The third-order valence-electron chi connectivity index (χ3n) is 6.44. The van der Waals surface area contributed by atoms with Gasteiger partial charge in [0.15, 0.2) is 5.13 Å². The first kappa shape index (κ1) is 18.8. The lowest BCUT2D eigenvalue weighted by Crippen LogP contribution is -2.42. The minimum atomic E-state index is -0.348. The highest BCUT2D eigenvalue weighted by atomic mass is 32.1. The maximum Gasteiger partial charge on any atom is 0.416 e. The summed E-state index contributed by atoms with van der Waals surface area (Å²) in [6.07, 6.45) is 7.17. The number of rotatable bonds is 4. The van der Waals surface area contributed by atoms with Gasteiger partial charge in [0.1, 0.15) is 6.61 Å². The van der Waals surface area contributed by atoms with E-state index in [2.05, 4.69) is 15.6 Å². The maximum atomic E-state index is 13.0. The molecule has 2 amide bonds. The van der Waals surface area contributed by atoms with Crippen molar-refractivity contribution in [2.75, 3.05) is 29.9 Å². The van der Waals surface area contributed by atoms with Gasteiger partial charge in [-0.3, -0.25) is 4.79 Å². The van der Waals surface area contributed by atoms with Crippen molar-refractivity contribution in [2.45, 2.75) is 44.6 Å². The van der Waals surface area contributed by atoms with Gasteiger partial charge in [-0.05, 0) is 43.0 Å². The van der Waals surface area contributed by atoms with Gasteiger partial charge >= 0.3 is 6.09 Å². The first-order valence-corrected chi connectivity index (χ1v) is 11.4. The van der Waals surface area contributed by atoms with Gasteiger partial charge in [0.25, 0.3) is 0 Å². The Morgan fingerprint density at radius 3 is 2.90 bits per heavy atom. The van der Waals surface area contributed by atoms with E-state index >= 15 is 0 Å². The highest BCUT2D eigenvalue weighted by Crippen LogP contribution is 2.36. The summed E-state index contributed by atoms with van der Waals surface area (Å²) in [7, 11) is 0. The Morgan fingerprint density at radius 1 is 1.24 bits per heavy atom. The number of anilines is 2. The number of fused-ring (bicyclic) bond motifs is 1. The minimum Gasteiger partial charge on any atom is -0.447 e. The molecule has 7 nitrogen and oxygen atoms in total. The van der Waals surface area contributed by atoms with Gasteiger partial charge in [-0.1, -0.05) is 43.4 Å². The van der Waals surface area contributed by atoms with Crippen molar-refractivity contribution in [3.63, 3.8) is 0 Å². The number of hydrogen-bond donors (Lipinski definition) is 2. The molecule has 5 rings (SSSR count). The van der Waals surface area contributed by atoms with Crippen molar-refractivity contribution < 1.29 is 14.3 Å². The topological polar surface area (TPSA) is 83.6 Å². The number of amides is 2. The van der Waals surface area contributed by atoms with Crippen LogP contribution in [-0.2, 0) is 9.53 Å². The Morgan fingerprint density at radius 2 is 2.10 bits per heavy atom. The fourth-order valence-corrected chi connectivity index (χ4v) is 5.99. The zero-order chi connectivity index (χ0) is 19.8. The Balaban J connectivity index is 1.30. The Bertz CT molecular complexity index is 924. The first-order valence-electron chi connectivity index (χ1n) is 10.6. The number of carbonyl (C=O) groups excluding carboxylic acids is 2. The molecule has 0 spiro atoms. The third-order valence-corrected chi connectivity index (χ3v) is 7.49. The Kier molecular flexibility index (Phi) is 5.13. The zero-order valence-electron chi connectivity index (χ0n) is 16.4. The summed E-state index contributed by atoms with van der Waals surface area (Å²) in [5.74, 6) is 1.17. The van der Waals surface area contributed by atoms with Gasteiger partial charge in [0, 0.05) is 5.69 Å². The predicted octanol–water partition coefficient (Wildman–Crippen LogP) is 3.75. The van der Waals surface area contributed by atoms with E-state index < -0.39 is 0 Å². The number of thiazole rings is 1. The molecule has 1 unspecified atom stereocenters. The summed E-state index contributed by atoms with van der Waals surface area (Å²) in [6.45, 7) is 1.84. The highest BCUT2D eigenvalue weighted by Gasteiger charge is 2.38. The van der Waals surface area contributed by atoms with Gasteiger partial charge in [-0.15, -0.1) is 0 Å². The molecule has 2 atom stereocenters. The van der Waals surface area contributed by atoms with E-state index in [4.69, 9.17) is 4.74 Å². The van der Waals surface area contributed by atoms with Crippen LogP contribution in [0.5, 0.6) is 0 Å². The lowest BCUT2D eigenvalue weighted by Gasteiger charge is -2.30. The lowest BCUT2D eigenvalue weighted by molar-refractivity contribution is -0.119. The molecular weight excluding hydrogens is 388 g/mol. The molecule has 29 heavy (non-hydrogen) atoms. The molecule has 3 fully saturated rings. The third kappa shape index (κ3) is 3.71. The molecule has 154 valence electrons. The standard InChI is InChI=1S/C21H26N4O3S/c26-19(18-15(8-9-22-18)13-4-2-1-3-5-13)23-14-6-7-16-17(12-14)29-20(24-16)25-10-11-28-21(25)27/h6-7,12-13,15,18,22H,1-5,8-11H2,(H,23,26)/t15?,18-/m0/s1. The van der Waals surface area contributed by atoms with Gasteiger partial charge in [0.05, 0.1) is 22.8 Å². The molecule has 1 saturated carbocycles. The van der Waals surface area contributed by atoms with E-state index in [-0.39, 0.29) is 18.0 Å². The number of ether oxygens (including phenoxy) is 1. The summed E-state index contributed by atoms with van der Waals surface area (Å²) in [5, 5.41) is 7.17. The SMILES string of the molecule is O=C(Nc1ccc2nc(N3CCOC3=O)sc2c1)[C@H]1NCCC1C1CCCCC1. The van der Waals surface area contributed by atoms with Gasteiger partial charge < -0.3 is 15.4 Å². The van der Waals surface area contributed by atoms with E-state index in [1.807, 2.05) is 18.2 Å². The second-order valence-corrected chi connectivity index (χ2v) is 9.23. The van der Waals surface area contributed by atoms with Crippen LogP contribution < -0.4 is 15.5 Å². The number of aromatic nitrogens is 1. The van der Waals surface area contributed by atoms with E-state index in [1.165, 1.54) is 43.4 Å². The summed E-state index contributed by atoms with van der Waals surface area (Å²) in [4.78, 5) is 30.9. The molecule has 0 bridgehead atoms. The van der Waals surface area contributed by atoms with Crippen LogP contribution in [0.1, 0.15) is 38.5 Å². The Hall–Kier alpha value is -2.19. The molecule has 1 aromatic carbocycles. The molecule has 3 heterocycles. The van der Waals surface area contributed by atoms with Crippen molar-refractivity contribution in [3.05, 3.63) is 18.2 Å². The van der Waals surface area contributed by atoms with E-state index in [0.29, 0.717) is 30.1 Å². The quantitative estimate of drug-likeness (QED) is 0.796. The average molecular weight is 415 g/mol. The number of cyclic esters (lactones) is 1. The smallest absolute Gasteiger partial charge is 0.416 e. The van der Waals surface area contributed by atoms with Crippen LogP contribution in [0, 0.1) is 11.8 Å². The normalized spacial score (nSPS) is 25.5. The van der Waals surface area contributed by atoms with Crippen LogP contribution in [0.3, 0.4) is 0 Å². The molecule has 2 aliphatic heterocycles. The van der Waals surface area contributed by atoms with E-state index in [0.717, 1.165) is 28.9 Å². The van der Waals surface area contributed by atoms with Crippen molar-refractivity contribution in [1.29, 1.82) is 0 Å². The van der Waals surface area contributed by atoms with Crippen molar-refractivity contribution >= 4 is 44.4 Å². The van der Waals surface area contributed by atoms with Crippen molar-refractivity contribution in [1.82, 2.24) is 10.3 Å². The molecular formula is C21H26N4O3S. The number of benzene rings is 1. The van der Waals surface area contributed by atoms with Crippen molar-refractivity contribution in [3.8, 4) is 0 Å². The van der Waals surface area contributed by atoms with Crippen LogP contribution in [0.2, 0.25) is 0 Å². The Labute approximate surface area is 173 Å². The van der Waals surface area contributed by atoms with Crippen LogP contribution >= 0.6 is 11.3 Å².